The van der Waals surface area contributed by atoms with Crippen molar-refractivity contribution in [3.63, 3.8) is 0 Å². The molecular weight excluding hydrogens is 344 g/mol. The monoisotopic (exact) mass is 367 g/mol. The predicted molar refractivity (Wildman–Crippen MR) is 105 cm³/mol. The summed E-state index contributed by atoms with van der Waals surface area (Å²) in [7, 11) is 0. The maximum atomic E-state index is 14.3. The molecule has 2 aromatic heterocycles. The summed E-state index contributed by atoms with van der Waals surface area (Å²) in [4.78, 5) is 7.75. The molecular formula is C22H23F2N3. The summed E-state index contributed by atoms with van der Waals surface area (Å²) in [6.07, 6.45) is 4.79. The first-order valence-electron chi connectivity index (χ1n) is 9.21. The molecule has 140 valence electrons. The molecule has 1 atom stereocenters. The minimum Gasteiger partial charge on any atom is -0.339 e. The number of fused-ring (bicyclic) bond motifs is 1. The van der Waals surface area contributed by atoms with Gasteiger partial charge in [0.25, 0.3) is 0 Å². The molecule has 0 fully saturated rings. The van der Waals surface area contributed by atoms with E-state index in [2.05, 4.69) is 42.1 Å². The van der Waals surface area contributed by atoms with Gasteiger partial charge in [-0.1, -0.05) is 39.0 Å². The maximum Gasteiger partial charge on any atom is 0.166 e. The number of nitrogens with zero attached hydrogens (tertiary/aromatic N) is 1. The zero-order chi connectivity index (χ0) is 19.2. The SMILES string of the molecule is CC(C)(C)C1C=C(c2cc3c(-c4cccc(F)c4F)ccnc3[nH]2)CCN1. The van der Waals surface area contributed by atoms with Crippen molar-refractivity contribution in [2.24, 2.45) is 5.41 Å². The molecule has 0 radical (unpaired) electrons. The molecule has 0 aliphatic carbocycles. The van der Waals surface area contributed by atoms with Crippen LogP contribution >= 0.6 is 0 Å². The Morgan fingerprint density at radius 3 is 2.70 bits per heavy atom. The lowest BCUT2D eigenvalue weighted by molar-refractivity contribution is 0.310. The van der Waals surface area contributed by atoms with Gasteiger partial charge in [0.15, 0.2) is 11.6 Å². The summed E-state index contributed by atoms with van der Waals surface area (Å²) in [6.45, 7) is 7.53. The topological polar surface area (TPSA) is 40.7 Å². The second kappa shape index (κ2) is 6.57. The molecule has 1 unspecified atom stereocenters. The lowest BCUT2D eigenvalue weighted by Gasteiger charge is -2.33. The first-order chi connectivity index (χ1) is 12.8. The highest BCUT2D eigenvalue weighted by Crippen LogP contribution is 2.34. The van der Waals surface area contributed by atoms with Gasteiger partial charge in [-0.15, -0.1) is 0 Å². The van der Waals surface area contributed by atoms with Crippen LogP contribution in [-0.4, -0.2) is 22.6 Å². The quantitative estimate of drug-likeness (QED) is 0.645. The highest BCUT2D eigenvalue weighted by Gasteiger charge is 2.26. The summed E-state index contributed by atoms with van der Waals surface area (Å²) >= 11 is 0. The number of aromatic amines is 1. The van der Waals surface area contributed by atoms with E-state index in [1.54, 1.807) is 18.3 Å². The van der Waals surface area contributed by atoms with Crippen LogP contribution < -0.4 is 5.32 Å². The van der Waals surface area contributed by atoms with E-state index in [0.717, 1.165) is 30.1 Å². The van der Waals surface area contributed by atoms with Gasteiger partial charge in [-0.2, -0.15) is 0 Å². The molecule has 0 saturated heterocycles. The Labute approximate surface area is 157 Å². The van der Waals surface area contributed by atoms with E-state index in [9.17, 15) is 8.78 Å². The number of halogens is 2. The Morgan fingerprint density at radius 2 is 1.93 bits per heavy atom. The second-order valence-electron chi connectivity index (χ2n) is 8.14. The van der Waals surface area contributed by atoms with Gasteiger partial charge in [-0.3, -0.25) is 0 Å². The van der Waals surface area contributed by atoms with E-state index in [1.165, 1.54) is 11.6 Å². The standard InChI is InChI=1S/C22H23F2N3/c1-22(2,3)19-11-13(7-9-25-19)18-12-16-14(8-10-26-21(16)27-18)15-5-4-6-17(23)20(15)24/h4-6,8,10-12,19,25H,7,9H2,1-3H3,(H,26,27). The highest BCUT2D eigenvalue weighted by atomic mass is 19.2. The molecule has 0 amide bonds. The van der Waals surface area contributed by atoms with Gasteiger partial charge in [0.05, 0.1) is 0 Å². The first-order valence-corrected chi connectivity index (χ1v) is 9.21. The van der Waals surface area contributed by atoms with Crippen LogP contribution in [0.2, 0.25) is 0 Å². The molecule has 0 spiro atoms. The van der Waals surface area contributed by atoms with Gasteiger partial charge in [0.1, 0.15) is 5.65 Å². The average molecular weight is 367 g/mol. The van der Waals surface area contributed by atoms with Crippen LogP contribution in [0, 0.1) is 17.0 Å². The fraction of sp³-hybridized carbons (Fsp3) is 0.318. The van der Waals surface area contributed by atoms with Crippen molar-refractivity contribution in [3.8, 4) is 11.1 Å². The van der Waals surface area contributed by atoms with Crippen molar-refractivity contribution >= 4 is 16.6 Å². The molecule has 0 bridgehead atoms. The van der Waals surface area contributed by atoms with Crippen molar-refractivity contribution in [1.29, 1.82) is 0 Å². The summed E-state index contributed by atoms with van der Waals surface area (Å²) in [5.41, 5.74) is 3.89. The number of hydrogen-bond donors (Lipinski definition) is 2. The van der Waals surface area contributed by atoms with Crippen LogP contribution in [0.1, 0.15) is 32.9 Å². The maximum absolute atomic E-state index is 14.3. The van der Waals surface area contributed by atoms with Gasteiger partial charge < -0.3 is 10.3 Å². The van der Waals surface area contributed by atoms with Gasteiger partial charge >= 0.3 is 0 Å². The lowest BCUT2D eigenvalue weighted by atomic mass is 9.83. The number of rotatable bonds is 2. The Bertz CT molecular complexity index is 1030. The molecule has 5 heteroatoms. The Balaban J connectivity index is 1.82. The molecule has 1 aliphatic heterocycles. The van der Waals surface area contributed by atoms with E-state index in [1.807, 2.05) is 6.07 Å². The number of nitrogens with one attached hydrogen (secondary N) is 2. The lowest BCUT2D eigenvalue weighted by Crippen LogP contribution is -2.41. The highest BCUT2D eigenvalue weighted by molar-refractivity contribution is 5.95. The van der Waals surface area contributed by atoms with Crippen molar-refractivity contribution in [2.75, 3.05) is 6.54 Å². The Morgan fingerprint density at radius 1 is 1.11 bits per heavy atom. The second-order valence-corrected chi connectivity index (χ2v) is 8.14. The Hall–Kier alpha value is -2.53. The van der Waals surface area contributed by atoms with E-state index in [4.69, 9.17) is 0 Å². The number of hydrogen-bond acceptors (Lipinski definition) is 2. The molecule has 1 aromatic carbocycles. The van der Waals surface area contributed by atoms with Crippen LogP contribution in [0.5, 0.6) is 0 Å². The molecule has 2 N–H and O–H groups in total. The zero-order valence-electron chi connectivity index (χ0n) is 15.7. The molecule has 1 aliphatic rings. The fourth-order valence-electron chi connectivity index (χ4n) is 3.63. The van der Waals surface area contributed by atoms with Gasteiger partial charge in [-0.05, 0) is 47.7 Å². The number of benzene rings is 1. The number of aromatic nitrogens is 2. The van der Waals surface area contributed by atoms with E-state index in [0.29, 0.717) is 11.2 Å². The summed E-state index contributed by atoms with van der Waals surface area (Å²) in [5.74, 6) is -1.68. The third-order valence-corrected chi connectivity index (χ3v) is 5.18. The number of pyridine rings is 1. The van der Waals surface area contributed by atoms with E-state index < -0.39 is 11.6 Å². The van der Waals surface area contributed by atoms with Crippen LogP contribution in [0.15, 0.2) is 42.6 Å². The largest absolute Gasteiger partial charge is 0.339 e. The van der Waals surface area contributed by atoms with Crippen LogP contribution in [-0.2, 0) is 0 Å². The van der Waals surface area contributed by atoms with Crippen LogP contribution in [0.4, 0.5) is 8.78 Å². The van der Waals surface area contributed by atoms with Gasteiger partial charge in [0, 0.05) is 28.9 Å². The molecule has 3 nitrogen and oxygen atoms in total. The van der Waals surface area contributed by atoms with Crippen molar-refractivity contribution in [1.82, 2.24) is 15.3 Å². The number of H-pyrrole nitrogens is 1. The normalized spacial score (nSPS) is 18.0. The van der Waals surface area contributed by atoms with Crippen LogP contribution in [0.25, 0.3) is 27.7 Å². The van der Waals surface area contributed by atoms with E-state index >= 15 is 0 Å². The summed E-state index contributed by atoms with van der Waals surface area (Å²) in [5, 5.41) is 4.34. The molecule has 3 heterocycles. The van der Waals surface area contributed by atoms with Crippen molar-refractivity contribution in [3.05, 3.63) is 59.9 Å². The fourth-order valence-corrected chi connectivity index (χ4v) is 3.63. The molecule has 0 saturated carbocycles. The predicted octanol–water partition coefficient (Wildman–Crippen LogP) is 5.30. The van der Waals surface area contributed by atoms with Gasteiger partial charge in [-0.25, -0.2) is 13.8 Å². The minimum atomic E-state index is -0.845. The molecule has 27 heavy (non-hydrogen) atoms. The zero-order valence-corrected chi connectivity index (χ0v) is 15.7. The molecule has 4 rings (SSSR count). The third kappa shape index (κ3) is 3.28. The van der Waals surface area contributed by atoms with Gasteiger partial charge in [0.2, 0.25) is 0 Å². The smallest absolute Gasteiger partial charge is 0.166 e. The first kappa shape index (κ1) is 17.9. The minimum absolute atomic E-state index is 0.117. The Kier molecular flexibility index (Phi) is 4.35. The van der Waals surface area contributed by atoms with Crippen LogP contribution in [0.3, 0.4) is 0 Å². The molecule has 3 aromatic rings. The van der Waals surface area contributed by atoms with E-state index in [-0.39, 0.29) is 17.0 Å². The average Bonchev–Trinajstić information content (AvgIpc) is 3.08. The van der Waals surface area contributed by atoms with Crippen molar-refractivity contribution < 1.29 is 8.78 Å². The van der Waals surface area contributed by atoms with Crippen molar-refractivity contribution in [2.45, 2.75) is 33.2 Å². The third-order valence-electron chi connectivity index (χ3n) is 5.18. The summed E-state index contributed by atoms with van der Waals surface area (Å²) < 4.78 is 28.0. The summed E-state index contributed by atoms with van der Waals surface area (Å²) in [6, 6.07) is 8.26.